The molecule has 2 saturated carbocycles. The van der Waals surface area contributed by atoms with Gasteiger partial charge >= 0.3 is 0 Å². The molecule has 2 aliphatic carbocycles. The molecule has 3 nitrogen and oxygen atoms in total. The van der Waals surface area contributed by atoms with Gasteiger partial charge < -0.3 is 15.4 Å². The molecule has 0 aliphatic heterocycles. The lowest BCUT2D eigenvalue weighted by molar-refractivity contribution is -0.113. The molecule has 2 N–H and O–H groups in total. The van der Waals surface area contributed by atoms with Crippen LogP contribution in [0.15, 0.2) is 0 Å². The fourth-order valence-corrected chi connectivity index (χ4v) is 2.53. The molecule has 3 heteroatoms. The molecular weight excluding hydrogens is 200 g/mol. The largest absolute Gasteiger partial charge is 0.378 e. The molecule has 0 bridgehead atoms. The Morgan fingerprint density at radius 2 is 1.88 bits per heavy atom. The molecular formula is C13H26N2O. The molecule has 0 spiro atoms. The van der Waals surface area contributed by atoms with Gasteiger partial charge in [0.15, 0.2) is 0 Å². The molecule has 2 fully saturated rings. The molecule has 0 amide bonds. The van der Waals surface area contributed by atoms with Gasteiger partial charge in [-0.05, 0) is 26.2 Å². The highest BCUT2D eigenvalue weighted by molar-refractivity contribution is 5.02. The molecule has 0 aromatic rings. The maximum Gasteiger partial charge on any atom is 0.0655 e. The first-order valence-corrected chi connectivity index (χ1v) is 6.73. The molecule has 0 radical (unpaired) electrons. The quantitative estimate of drug-likeness (QED) is 0.646. The van der Waals surface area contributed by atoms with Crippen molar-refractivity contribution in [2.75, 3.05) is 19.7 Å². The third-order valence-electron chi connectivity index (χ3n) is 4.07. The first-order valence-electron chi connectivity index (χ1n) is 6.73. The van der Waals surface area contributed by atoms with Crippen LogP contribution in [0, 0.1) is 5.41 Å². The summed E-state index contributed by atoms with van der Waals surface area (Å²) >= 11 is 0. The number of hydrogen-bond donors (Lipinski definition) is 2. The van der Waals surface area contributed by atoms with Crippen molar-refractivity contribution in [1.29, 1.82) is 0 Å². The molecule has 94 valence electrons. The summed E-state index contributed by atoms with van der Waals surface area (Å²) in [5.74, 6) is 0. The molecule has 2 unspecified atom stereocenters. The van der Waals surface area contributed by atoms with Gasteiger partial charge in [0.1, 0.15) is 0 Å². The highest BCUT2D eigenvalue weighted by Crippen LogP contribution is 2.42. The van der Waals surface area contributed by atoms with Gasteiger partial charge in [0.25, 0.3) is 0 Å². The average Bonchev–Trinajstić information content (AvgIpc) is 3.05. The van der Waals surface area contributed by atoms with Crippen LogP contribution >= 0.6 is 0 Å². The van der Waals surface area contributed by atoms with E-state index >= 15 is 0 Å². The Morgan fingerprint density at radius 3 is 2.44 bits per heavy atom. The van der Waals surface area contributed by atoms with Crippen LogP contribution in [0.4, 0.5) is 0 Å². The first-order chi connectivity index (χ1) is 7.64. The second-order valence-corrected chi connectivity index (χ2v) is 5.74. The zero-order chi connectivity index (χ0) is 11.6. The smallest absolute Gasteiger partial charge is 0.0655 e. The Labute approximate surface area is 99.3 Å². The Hall–Kier alpha value is -0.120. The number of rotatable bonds is 7. The predicted octanol–water partition coefficient (Wildman–Crippen LogP) is 1.53. The molecule has 0 heterocycles. The van der Waals surface area contributed by atoms with E-state index in [1.165, 1.54) is 19.3 Å². The summed E-state index contributed by atoms with van der Waals surface area (Å²) in [6.07, 6.45) is 4.37. The van der Waals surface area contributed by atoms with E-state index in [0.29, 0.717) is 17.6 Å². The normalized spacial score (nSPS) is 32.4. The van der Waals surface area contributed by atoms with Gasteiger partial charge in [0, 0.05) is 37.2 Å². The van der Waals surface area contributed by atoms with Gasteiger partial charge in [0.05, 0.1) is 6.10 Å². The van der Waals surface area contributed by atoms with Crippen LogP contribution in [0.25, 0.3) is 0 Å². The van der Waals surface area contributed by atoms with E-state index in [-0.39, 0.29) is 0 Å². The SMILES string of the molecule is CCOC1CC(NCCNC2CC2)C1(C)C. The maximum absolute atomic E-state index is 5.72. The minimum Gasteiger partial charge on any atom is -0.378 e. The van der Waals surface area contributed by atoms with E-state index in [1.807, 2.05) is 0 Å². The number of nitrogens with one attached hydrogen (secondary N) is 2. The predicted molar refractivity (Wildman–Crippen MR) is 66.6 cm³/mol. The van der Waals surface area contributed by atoms with Gasteiger partial charge in [-0.25, -0.2) is 0 Å². The molecule has 2 atom stereocenters. The fourth-order valence-electron chi connectivity index (χ4n) is 2.53. The first kappa shape index (κ1) is 12.3. The molecule has 0 saturated heterocycles. The number of ether oxygens (including phenoxy) is 1. The van der Waals surface area contributed by atoms with E-state index in [4.69, 9.17) is 4.74 Å². The zero-order valence-corrected chi connectivity index (χ0v) is 10.9. The van der Waals surface area contributed by atoms with Crippen LogP contribution in [-0.4, -0.2) is 37.9 Å². The summed E-state index contributed by atoms with van der Waals surface area (Å²) in [7, 11) is 0. The average molecular weight is 226 g/mol. The van der Waals surface area contributed by atoms with Crippen LogP contribution in [0.1, 0.15) is 40.0 Å². The second kappa shape index (κ2) is 5.03. The van der Waals surface area contributed by atoms with Crippen molar-refractivity contribution in [3.63, 3.8) is 0 Å². The van der Waals surface area contributed by atoms with Crippen LogP contribution < -0.4 is 10.6 Å². The summed E-state index contributed by atoms with van der Waals surface area (Å²) in [4.78, 5) is 0. The Morgan fingerprint density at radius 1 is 1.19 bits per heavy atom. The summed E-state index contributed by atoms with van der Waals surface area (Å²) in [5.41, 5.74) is 0.301. The van der Waals surface area contributed by atoms with E-state index in [1.54, 1.807) is 0 Å². The van der Waals surface area contributed by atoms with E-state index in [9.17, 15) is 0 Å². The Kier molecular flexibility index (Phi) is 3.88. The van der Waals surface area contributed by atoms with E-state index in [0.717, 1.165) is 25.7 Å². The lowest BCUT2D eigenvalue weighted by Crippen LogP contribution is -2.61. The van der Waals surface area contributed by atoms with Crippen LogP contribution in [-0.2, 0) is 4.74 Å². The van der Waals surface area contributed by atoms with Crippen molar-refractivity contribution in [1.82, 2.24) is 10.6 Å². The van der Waals surface area contributed by atoms with Crippen molar-refractivity contribution >= 4 is 0 Å². The molecule has 0 aromatic heterocycles. The highest BCUT2D eigenvalue weighted by atomic mass is 16.5. The van der Waals surface area contributed by atoms with Crippen LogP contribution in [0.5, 0.6) is 0 Å². The molecule has 2 aliphatic rings. The minimum atomic E-state index is 0.301. The molecule has 16 heavy (non-hydrogen) atoms. The van der Waals surface area contributed by atoms with Gasteiger partial charge in [-0.15, -0.1) is 0 Å². The summed E-state index contributed by atoms with van der Waals surface area (Å²) in [6.45, 7) is 9.73. The molecule has 0 aromatic carbocycles. The van der Waals surface area contributed by atoms with Gasteiger partial charge in [-0.1, -0.05) is 13.8 Å². The van der Waals surface area contributed by atoms with Crippen molar-refractivity contribution < 1.29 is 4.74 Å². The van der Waals surface area contributed by atoms with Gasteiger partial charge in [-0.2, -0.15) is 0 Å². The monoisotopic (exact) mass is 226 g/mol. The topological polar surface area (TPSA) is 33.3 Å². The minimum absolute atomic E-state index is 0.301. The zero-order valence-electron chi connectivity index (χ0n) is 10.9. The summed E-state index contributed by atoms with van der Waals surface area (Å²) < 4.78 is 5.72. The van der Waals surface area contributed by atoms with Crippen LogP contribution in [0.3, 0.4) is 0 Å². The Balaban J connectivity index is 1.59. The van der Waals surface area contributed by atoms with Crippen molar-refractivity contribution in [3.05, 3.63) is 0 Å². The van der Waals surface area contributed by atoms with Crippen LogP contribution in [0.2, 0.25) is 0 Å². The van der Waals surface area contributed by atoms with Crippen molar-refractivity contribution in [2.24, 2.45) is 5.41 Å². The van der Waals surface area contributed by atoms with Crippen molar-refractivity contribution in [3.8, 4) is 0 Å². The van der Waals surface area contributed by atoms with E-state index < -0.39 is 0 Å². The summed E-state index contributed by atoms with van der Waals surface area (Å²) in [6, 6.07) is 1.46. The lowest BCUT2D eigenvalue weighted by Gasteiger charge is -2.52. The molecule has 2 rings (SSSR count). The maximum atomic E-state index is 5.72. The number of hydrogen-bond acceptors (Lipinski definition) is 3. The second-order valence-electron chi connectivity index (χ2n) is 5.74. The van der Waals surface area contributed by atoms with Crippen molar-refractivity contribution in [2.45, 2.75) is 58.2 Å². The third kappa shape index (κ3) is 2.76. The highest BCUT2D eigenvalue weighted by Gasteiger charge is 2.48. The summed E-state index contributed by atoms with van der Waals surface area (Å²) in [5, 5.41) is 7.17. The van der Waals surface area contributed by atoms with Gasteiger partial charge in [-0.3, -0.25) is 0 Å². The fraction of sp³-hybridized carbons (Fsp3) is 1.00. The third-order valence-corrected chi connectivity index (χ3v) is 4.07. The Bertz CT molecular complexity index is 226. The van der Waals surface area contributed by atoms with Gasteiger partial charge in [0.2, 0.25) is 0 Å². The standard InChI is InChI=1S/C13H26N2O/c1-4-16-12-9-11(13(12,2)3)15-8-7-14-10-5-6-10/h10-12,14-15H,4-9H2,1-3H3. The van der Waals surface area contributed by atoms with E-state index in [2.05, 4.69) is 31.4 Å². The lowest BCUT2D eigenvalue weighted by atomic mass is 9.64.